The molecule has 38 heavy (non-hydrogen) atoms. The van der Waals surface area contributed by atoms with E-state index in [2.05, 4.69) is 13.2 Å². The first-order valence-corrected chi connectivity index (χ1v) is 13.5. The lowest BCUT2D eigenvalue weighted by Crippen LogP contribution is -2.56. The summed E-state index contributed by atoms with van der Waals surface area (Å²) in [4.78, 5) is 45.3. The SMILES string of the molecule is C=CCOC(=O)[C@H]1[C@H]2C(=O)N(CCCCCO)C(C(=O)N(CC=C)c3c(C)cccc3C)C23CC[C@]1(C)O3. The summed E-state index contributed by atoms with van der Waals surface area (Å²) in [6, 6.07) is 4.99. The first-order chi connectivity index (χ1) is 18.2. The lowest BCUT2D eigenvalue weighted by molar-refractivity contribution is -0.158. The summed E-state index contributed by atoms with van der Waals surface area (Å²) in [5, 5.41) is 9.24. The maximum Gasteiger partial charge on any atom is 0.313 e. The molecule has 8 nitrogen and oxygen atoms in total. The minimum atomic E-state index is -1.12. The number of nitrogens with zero attached hydrogens (tertiary/aromatic N) is 2. The third-order valence-corrected chi connectivity index (χ3v) is 8.45. The van der Waals surface area contributed by atoms with Crippen LogP contribution in [0.2, 0.25) is 0 Å². The van der Waals surface area contributed by atoms with Gasteiger partial charge in [0.1, 0.15) is 24.2 Å². The maximum atomic E-state index is 14.6. The highest BCUT2D eigenvalue weighted by atomic mass is 16.6. The summed E-state index contributed by atoms with van der Waals surface area (Å²) >= 11 is 0. The number of carbonyl (C=O) groups is 3. The number of fused-ring (bicyclic) bond motifs is 1. The number of carbonyl (C=O) groups excluding carboxylic acids is 3. The van der Waals surface area contributed by atoms with Crippen LogP contribution >= 0.6 is 0 Å². The molecule has 3 aliphatic heterocycles. The molecule has 0 saturated carbocycles. The summed E-state index contributed by atoms with van der Waals surface area (Å²) < 4.78 is 12.1. The van der Waals surface area contributed by atoms with Crippen LogP contribution in [0.25, 0.3) is 0 Å². The molecule has 0 aliphatic carbocycles. The van der Waals surface area contributed by atoms with Gasteiger partial charge < -0.3 is 24.4 Å². The number of rotatable bonds is 12. The van der Waals surface area contributed by atoms with E-state index in [1.165, 1.54) is 6.08 Å². The van der Waals surface area contributed by atoms with Crippen LogP contribution in [0, 0.1) is 25.7 Å². The van der Waals surface area contributed by atoms with Crippen molar-refractivity contribution in [3.8, 4) is 0 Å². The zero-order valence-corrected chi connectivity index (χ0v) is 22.8. The Morgan fingerprint density at radius 2 is 1.89 bits per heavy atom. The molecule has 4 rings (SSSR count). The number of anilines is 1. The van der Waals surface area contributed by atoms with E-state index in [1.807, 2.05) is 39.0 Å². The highest BCUT2D eigenvalue weighted by Crippen LogP contribution is 2.63. The highest BCUT2D eigenvalue weighted by Gasteiger charge is 2.78. The van der Waals surface area contributed by atoms with Crippen LogP contribution < -0.4 is 4.90 Å². The second kappa shape index (κ2) is 11.0. The molecular formula is C30H40N2O6. The number of benzene rings is 1. The van der Waals surface area contributed by atoms with Crippen LogP contribution in [-0.4, -0.2) is 71.3 Å². The molecule has 1 aromatic carbocycles. The molecule has 206 valence electrons. The van der Waals surface area contributed by atoms with Crippen LogP contribution in [0.3, 0.4) is 0 Å². The predicted molar refractivity (Wildman–Crippen MR) is 144 cm³/mol. The first kappa shape index (κ1) is 28.0. The van der Waals surface area contributed by atoms with E-state index in [-0.39, 0.29) is 31.6 Å². The van der Waals surface area contributed by atoms with E-state index in [1.54, 1.807) is 15.9 Å². The van der Waals surface area contributed by atoms with Gasteiger partial charge in [-0.15, -0.1) is 6.58 Å². The molecule has 3 aliphatic rings. The monoisotopic (exact) mass is 524 g/mol. The number of amides is 2. The van der Waals surface area contributed by atoms with Crippen molar-refractivity contribution >= 4 is 23.5 Å². The minimum Gasteiger partial charge on any atom is -0.461 e. The Bertz CT molecular complexity index is 1100. The smallest absolute Gasteiger partial charge is 0.313 e. The molecule has 0 radical (unpaired) electrons. The lowest BCUT2D eigenvalue weighted by Gasteiger charge is -2.37. The van der Waals surface area contributed by atoms with E-state index in [4.69, 9.17) is 9.47 Å². The number of hydrogen-bond donors (Lipinski definition) is 1. The number of aliphatic hydroxyl groups is 1. The Morgan fingerprint density at radius 3 is 2.53 bits per heavy atom. The molecule has 3 fully saturated rings. The van der Waals surface area contributed by atoms with Crippen molar-refractivity contribution in [3.05, 3.63) is 54.6 Å². The molecule has 1 aromatic rings. The van der Waals surface area contributed by atoms with E-state index in [9.17, 15) is 19.5 Å². The second-order valence-corrected chi connectivity index (χ2v) is 10.9. The number of esters is 1. The van der Waals surface area contributed by atoms with Gasteiger partial charge in [0.25, 0.3) is 5.91 Å². The van der Waals surface area contributed by atoms with Crippen molar-refractivity contribution < 1.29 is 29.0 Å². The zero-order chi connectivity index (χ0) is 27.7. The fourth-order valence-corrected chi connectivity index (χ4v) is 6.90. The maximum absolute atomic E-state index is 14.6. The van der Waals surface area contributed by atoms with Gasteiger partial charge in [-0.1, -0.05) is 36.9 Å². The molecule has 5 atom stereocenters. The molecule has 0 aromatic heterocycles. The predicted octanol–water partition coefficient (Wildman–Crippen LogP) is 3.48. The van der Waals surface area contributed by atoms with Crippen LogP contribution in [-0.2, 0) is 23.9 Å². The Labute approximate surface area is 225 Å². The van der Waals surface area contributed by atoms with E-state index < -0.39 is 35.0 Å². The molecule has 3 saturated heterocycles. The van der Waals surface area contributed by atoms with E-state index in [0.717, 1.165) is 23.2 Å². The number of likely N-dealkylation sites (tertiary alicyclic amines) is 1. The van der Waals surface area contributed by atoms with Gasteiger partial charge in [-0.25, -0.2) is 0 Å². The highest BCUT2D eigenvalue weighted by molar-refractivity contribution is 6.05. The summed E-state index contributed by atoms with van der Waals surface area (Å²) in [6.07, 6.45) is 6.21. The number of para-hydroxylation sites is 1. The van der Waals surface area contributed by atoms with Crippen LogP contribution in [0.1, 0.15) is 50.2 Å². The fraction of sp³-hybridized carbons (Fsp3) is 0.567. The van der Waals surface area contributed by atoms with Crippen molar-refractivity contribution in [1.82, 2.24) is 4.90 Å². The Balaban J connectivity index is 1.78. The zero-order valence-electron chi connectivity index (χ0n) is 22.8. The molecular weight excluding hydrogens is 484 g/mol. The molecule has 8 heteroatoms. The Hall–Kier alpha value is -2.97. The average Bonchev–Trinajstić information content (AvgIpc) is 3.45. The topological polar surface area (TPSA) is 96.4 Å². The minimum absolute atomic E-state index is 0.0478. The fourth-order valence-electron chi connectivity index (χ4n) is 6.90. The van der Waals surface area contributed by atoms with Gasteiger partial charge in [0.15, 0.2) is 0 Å². The third-order valence-electron chi connectivity index (χ3n) is 8.45. The van der Waals surface area contributed by atoms with Gasteiger partial charge in [-0.3, -0.25) is 14.4 Å². The number of aryl methyl sites for hydroxylation is 2. The summed E-state index contributed by atoms with van der Waals surface area (Å²) in [6.45, 7) is 14.0. The van der Waals surface area contributed by atoms with Crippen molar-refractivity contribution in [3.63, 3.8) is 0 Å². The van der Waals surface area contributed by atoms with Crippen molar-refractivity contribution in [2.45, 2.75) is 70.1 Å². The van der Waals surface area contributed by atoms with Gasteiger partial charge in [0, 0.05) is 25.4 Å². The third kappa shape index (κ3) is 4.47. The van der Waals surface area contributed by atoms with Crippen LogP contribution in [0.4, 0.5) is 5.69 Å². The Morgan fingerprint density at radius 1 is 1.18 bits per heavy atom. The van der Waals surface area contributed by atoms with Gasteiger partial charge in [0.05, 0.1) is 11.5 Å². The Kier molecular flexibility index (Phi) is 8.14. The molecule has 2 bridgehead atoms. The van der Waals surface area contributed by atoms with Gasteiger partial charge in [-0.05, 0) is 64.0 Å². The lowest BCUT2D eigenvalue weighted by atomic mass is 9.66. The van der Waals surface area contributed by atoms with Gasteiger partial charge in [-0.2, -0.15) is 0 Å². The number of hydrogen-bond acceptors (Lipinski definition) is 6. The first-order valence-electron chi connectivity index (χ1n) is 13.5. The van der Waals surface area contributed by atoms with Gasteiger partial charge in [0.2, 0.25) is 5.91 Å². The quantitative estimate of drug-likeness (QED) is 0.256. The van der Waals surface area contributed by atoms with Crippen molar-refractivity contribution in [2.75, 3.05) is 31.2 Å². The number of ether oxygens (including phenoxy) is 2. The molecule has 3 heterocycles. The average molecular weight is 525 g/mol. The number of unbranched alkanes of at least 4 members (excludes halogenated alkanes) is 2. The largest absolute Gasteiger partial charge is 0.461 e. The van der Waals surface area contributed by atoms with Gasteiger partial charge >= 0.3 is 5.97 Å². The van der Waals surface area contributed by atoms with Crippen molar-refractivity contribution in [2.24, 2.45) is 11.8 Å². The summed E-state index contributed by atoms with van der Waals surface area (Å²) in [5.41, 5.74) is 0.686. The molecule has 1 N–H and O–H groups in total. The molecule has 1 spiro atoms. The summed E-state index contributed by atoms with van der Waals surface area (Å²) in [5.74, 6) is -2.55. The normalized spacial score (nSPS) is 29.3. The van der Waals surface area contributed by atoms with Crippen molar-refractivity contribution in [1.29, 1.82) is 0 Å². The number of aliphatic hydroxyl groups excluding tert-OH is 1. The summed E-state index contributed by atoms with van der Waals surface area (Å²) in [7, 11) is 0. The standard InChI is InChI=1S/C30H40N2O6/c1-6-16-31(24-20(3)12-11-13-21(24)4)27(35)25-30-15-14-29(5,38-30)23(28(36)37-19-7-2)22(30)26(34)32(25)17-9-8-10-18-33/h6-7,11-13,22-23,25,33H,1-2,8-10,14-19H2,3-5H3/t22-,23+,25?,29-,30?/m0/s1. The van der Waals surface area contributed by atoms with Crippen LogP contribution in [0.5, 0.6) is 0 Å². The van der Waals surface area contributed by atoms with E-state index >= 15 is 0 Å². The molecule has 2 unspecified atom stereocenters. The molecule has 2 amide bonds. The van der Waals surface area contributed by atoms with E-state index in [0.29, 0.717) is 32.2 Å². The second-order valence-electron chi connectivity index (χ2n) is 10.9. The van der Waals surface area contributed by atoms with Crippen LogP contribution in [0.15, 0.2) is 43.5 Å².